The van der Waals surface area contributed by atoms with Gasteiger partial charge in [0.2, 0.25) is 0 Å². The second kappa shape index (κ2) is 1.14. The zero-order chi connectivity index (χ0) is 4.62. The molecule has 1 N–H and O–H groups in total. The SMILES string of the molecule is CC1(NS)CC1. The van der Waals surface area contributed by atoms with Crippen molar-refractivity contribution in [3.05, 3.63) is 0 Å². The summed E-state index contributed by atoms with van der Waals surface area (Å²) in [6.07, 6.45) is 2.58. The molecule has 1 aliphatic carbocycles. The standard InChI is InChI=1S/C4H9NS/c1-4(5-6)2-3-4/h5-6H,2-3H2,1H3. The summed E-state index contributed by atoms with van der Waals surface area (Å²) in [6, 6.07) is 0. The van der Waals surface area contributed by atoms with Crippen molar-refractivity contribution in [2.24, 2.45) is 0 Å². The molecule has 0 heterocycles. The average molecular weight is 103 g/mol. The molecule has 0 aromatic rings. The molecule has 0 atom stereocenters. The number of hydrogen-bond acceptors (Lipinski definition) is 2. The van der Waals surface area contributed by atoms with E-state index < -0.39 is 0 Å². The Labute approximate surface area is 43.7 Å². The minimum Gasteiger partial charge on any atom is -0.261 e. The predicted octanol–water partition coefficient (Wildman–Crippen LogP) is 0.973. The first-order valence-corrected chi connectivity index (χ1v) is 2.63. The second-order valence-corrected chi connectivity index (χ2v) is 2.40. The Bertz CT molecular complexity index is 58.6. The third-order valence-electron chi connectivity index (χ3n) is 1.27. The van der Waals surface area contributed by atoms with Gasteiger partial charge in [-0.15, -0.1) is 0 Å². The highest BCUT2D eigenvalue weighted by atomic mass is 32.1. The van der Waals surface area contributed by atoms with Crippen LogP contribution in [-0.4, -0.2) is 5.54 Å². The molecule has 0 aliphatic heterocycles. The van der Waals surface area contributed by atoms with Crippen molar-refractivity contribution < 1.29 is 0 Å². The third kappa shape index (κ3) is 0.684. The zero-order valence-corrected chi connectivity index (χ0v) is 4.76. The van der Waals surface area contributed by atoms with Crippen LogP contribution in [0, 0.1) is 0 Å². The number of hydrogen-bond donors (Lipinski definition) is 2. The molecule has 0 spiro atoms. The van der Waals surface area contributed by atoms with Crippen LogP contribution < -0.4 is 4.72 Å². The van der Waals surface area contributed by atoms with Crippen LogP contribution in [-0.2, 0) is 0 Å². The molecule has 2 heteroatoms. The van der Waals surface area contributed by atoms with Crippen LogP contribution in [0.3, 0.4) is 0 Å². The van der Waals surface area contributed by atoms with Crippen molar-refractivity contribution in [2.75, 3.05) is 0 Å². The van der Waals surface area contributed by atoms with Crippen LogP contribution in [0.5, 0.6) is 0 Å². The van der Waals surface area contributed by atoms with E-state index in [4.69, 9.17) is 0 Å². The van der Waals surface area contributed by atoms with Gasteiger partial charge in [-0.05, 0) is 19.8 Å². The van der Waals surface area contributed by atoms with Gasteiger partial charge in [0.25, 0.3) is 0 Å². The maximum Gasteiger partial charge on any atom is 0.0253 e. The molecule has 0 aromatic carbocycles. The highest BCUT2D eigenvalue weighted by Gasteiger charge is 2.35. The molecular formula is C4H9NS. The summed E-state index contributed by atoms with van der Waals surface area (Å²) in [5, 5.41) is 0. The minimum absolute atomic E-state index is 0.406. The van der Waals surface area contributed by atoms with E-state index in [2.05, 4.69) is 24.5 Å². The summed E-state index contributed by atoms with van der Waals surface area (Å²) in [5.74, 6) is 0. The van der Waals surface area contributed by atoms with Crippen molar-refractivity contribution in [3.8, 4) is 0 Å². The van der Waals surface area contributed by atoms with Crippen LogP contribution in [0.25, 0.3) is 0 Å². The summed E-state index contributed by atoms with van der Waals surface area (Å²) in [4.78, 5) is 0. The predicted molar refractivity (Wildman–Crippen MR) is 29.8 cm³/mol. The lowest BCUT2D eigenvalue weighted by Crippen LogP contribution is -2.16. The quantitative estimate of drug-likeness (QED) is 0.471. The second-order valence-electron chi connectivity index (χ2n) is 2.17. The molecule has 0 unspecified atom stereocenters. The van der Waals surface area contributed by atoms with Crippen molar-refractivity contribution in [3.63, 3.8) is 0 Å². The maximum atomic E-state index is 3.91. The summed E-state index contributed by atoms with van der Waals surface area (Å²) >= 11 is 3.91. The summed E-state index contributed by atoms with van der Waals surface area (Å²) in [6.45, 7) is 2.17. The number of nitrogens with one attached hydrogen (secondary N) is 1. The van der Waals surface area contributed by atoms with Gasteiger partial charge in [-0.3, -0.25) is 4.72 Å². The van der Waals surface area contributed by atoms with E-state index in [-0.39, 0.29) is 0 Å². The van der Waals surface area contributed by atoms with Gasteiger partial charge in [0, 0.05) is 5.54 Å². The third-order valence-corrected chi connectivity index (χ3v) is 1.81. The Morgan fingerprint density at radius 3 is 2.17 bits per heavy atom. The van der Waals surface area contributed by atoms with Gasteiger partial charge in [0.05, 0.1) is 0 Å². The van der Waals surface area contributed by atoms with Gasteiger partial charge in [0.1, 0.15) is 0 Å². The lowest BCUT2D eigenvalue weighted by molar-refractivity contribution is 0.706. The lowest BCUT2D eigenvalue weighted by Gasteiger charge is -1.99. The first-order chi connectivity index (χ1) is 2.77. The maximum absolute atomic E-state index is 3.91. The van der Waals surface area contributed by atoms with E-state index in [0.717, 1.165) is 0 Å². The van der Waals surface area contributed by atoms with E-state index in [1.165, 1.54) is 12.8 Å². The highest BCUT2D eigenvalue weighted by molar-refractivity contribution is 7.78. The smallest absolute Gasteiger partial charge is 0.0253 e. The van der Waals surface area contributed by atoms with E-state index in [1.807, 2.05) is 0 Å². The van der Waals surface area contributed by atoms with Gasteiger partial charge >= 0.3 is 0 Å². The van der Waals surface area contributed by atoms with Crippen LogP contribution in [0.15, 0.2) is 0 Å². The van der Waals surface area contributed by atoms with Gasteiger partial charge in [0.15, 0.2) is 0 Å². The molecule has 0 aromatic heterocycles. The molecule has 1 nitrogen and oxygen atoms in total. The fourth-order valence-corrected chi connectivity index (χ4v) is 0.523. The largest absolute Gasteiger partial charge is 0.261 e. The van der Waals surface area contributed by atoms with Crippen LogP contribution in [0.2, 0.25) is 0 Å². The average Bonchev–Trinajstić information content (AvgIpc) is 2.22. The van der Waals surface area contributed by atoms with Crippen LogP contribution in [0.1, 0.15) is 19.8 Å². The Morgan fingerprint density at radius 2 is 2.17 bits per heavy atom. The van der Waals surface area contributed by atoms with Gasteiger partial charge in [-0.2, -0.15) is 0 Å². The summed E-state index contributed by atoms with van der Waals surface area (Å²) < 4.78 is 2.91. The molecule has 6 heavy (non-hydrogen) atoms. The number of rotatable bonds is 1. The summed E-state index contributed by atoms with van der Waals surface area (Å²) in [5.41, 5.74) is 0.406. The van der Waals surface area contributed by atoms with Gasteiger partial charge < -0.3 is 0 Å². The molecule has 0 radical (unpaired) electrons. The van der Waals surface area contributed by atoms with Gasteiger partial charge in [-0.1, -0.05) is 12.8 Å². The van der Waals surface area contributed by atoms with E-state index in [9.17, 15) is 0 Å². The Hall–Kier alpha value is 0.310. The fraction of sp³-hybridized carbons (Fsp3) is 1.00. The molecule has 0 amide bonds. The van der Waals surface area contributed by atoms with Crippen LogP contribution >= 0.6 is 12.8 Å². The van der Waals surface area contributed by atoms with Crippen molar-refractivity contribution >= 4 is 12.8 Å². The van der Waals surface area contributed by atoms with Crippen molar-refractivity contribution in [1.29, 1.82) is 0 Å². The number of thiol groups is 1. The molecule has 1 rings (SSSR count). The molecule has 1 fully saturated rings. The lowest BCUT2D eigenvalue weighted by atomic mass is 10.4. The molecule has 0 saturated heterocycles. The Kier molecular flexibility index (Phi) is 0.848. The molecular weight excluding hydrogens is 94.1 g/mol. The van der Waals surface area contributed by atoms with Crippen molar-refractivity contribution in [2.45, 2.75) is 25.3 Å². The molecule has 1 aliphatic rings. The first-order valence-electron chi connectivity index (χ1n) is 2.18. The van der Waals surface area contributed by atoms with E-state index in [0.29, 0.717) is 5.54 Å². The molecule has 36 valence electrons. The van der Waals surface area contributed by atoms with Crippen molar-refractivity contribution in [1.82, 2.24) is 4.72 Å². The zero-order valence-electron chi connectivity index (χ0n) is 3.86. The van der Waals surface area contributed by atoms with Gasteiger partial charge in [-0.25, -0.2) is 0 Å². The molecule has 0 bridgehead atoms. The minimum atomic E-state index is 0.406. The summed E-state index contributed by atoms with van der Waals surface area (Å²) in [7, 11) is 0. The Balaban J connectivity index is 2.28. The van der Waals surface area contributed by atoms with Crippen LogP contribution in [0.4, 0.5) is 0 Å². The Morgan fingerprint density at radius 1 is 1.67 bits per heavy atom. The normalized spacial score (nSPS) is 27.0. The fourth-order valence-electron chi connectivity index (χ4n) is 0.299. The topological polar surface area (TPSA) is 12.0 Å². The molecule has 1 saturated carbocycles. The van der Waals surface area contributed by atoms with E-state index in [1.54, 1.807) is 0 Å². The highest BCUT2D eigenvalue weighted by Crippen LogP contribution is 2.34. The first kappa shape index (κ1) is 4.47. The monoisotopic (exact) mass is 103 g/mol. The van der Waals surface area contributed by atoms with E-state index >= 15 is 0 Å².